The van der Waals surface area contributed by atoms with Crippen LogP contribution in [0.2, 0.25) is 0 Å². The quantitative estimate of drug-likeness (QED) is 0.602. The summed E-state index contributed by atoms with van der Waals surface area (Å²) >= 11 is 0. The lowest BCUT2D eigenvalue weighted by Gasteiger charge is -2.17. The number of alkyl halides is 1. The first kappa shape index (κ1) is 15.5. The van der Waals surface area contributed by atoms with Crippen molar-refractivity contribution < 1.29 is 19.0 Å². The van der Waals surface area contributed by atoms with E-state index in [-0.39, 0.29) is 23.9 Å². The van der Waals surface area contributed by atoms with Gasteiger partial charge in [0.25, 0.3) is 0 Å². The van der Waals surface area contributed by atoms with Gasteiger partial charge in [0.05, 0.1) is 6.42 Å². The molecule has 0 bridgehead atoms. The fourth-order valence-electron chi connectivity index (χ4n) is 3.45. The van der Waals surface area contributed by atoms with Crippen molar-refractivity contribution in [1.82, 2.24) is 0 Å². The zero-order chi connectivity index (χ0) is 14.7. The highest BCUT2D eigenvalue weighted by Crippen LogP contribution is 2.45. The summed E-state index contributed by atoms with van der Waals surface area (Å²) in [6.45, 7) is 4.13. The van der Waals surface area contributed by atoms with Gasteiger partial charge in [-0.3, -0.25) is 4.79 Å². The number of carbonyl (C=O) groups excluding carboxylic acids is 1. The van der Waals surface area contributed by atoms with Gasteiger partial charge in [0.15, 0.2) is 0 Å². The Morgan fingerprint density at radius 1 is 1.55 bits per heavy atom. The Kier molecular flexibility index (Phi) is 5.19. The molecule has 20 heavy (non-hydrogen) atoms. The third-order valence-corrected chi connectivity index (χ3v) is 4.65. The highest BCUT2D eigenvalue weighted by molar-refractivity contribution is 5.72. The standard InChI is InChI=1S/C16H25FO3/c1-3-4-5-13(17)14(18)7-6-11-10(2)8-15-12(11)9-16(19)20-15/h6-7,10-15,18H,3-5,8-9H2,1-2H3/t10-,11+,12-,13-,14-,15+/m1/s1. The van der Waals surface area contributed by atoms with Crippen LogP contribution in [0.25, 0.3) is 0 Å². The van der Waals surface area contributed by atoms with Crippen LogP contribution in [-0.4, -0.2) is 29.5 Å². The van der Waals surface area contributed by atoms with Crippen molar-refractivity contribution in [3.05, 3.63) is 12.2 Å². The summed E-state index contributed by atoms with van der Waals surface area (Å²) in [5.41, 5.74) is 0. The van der Waals surface area contributed by atoms with Gasteiger partial charge in [-0.05, 0) is 24.7 Å². The third kappa shape index (κ3) is 3.40. The van der Waals surface area contributed by atoms with E-state index < -0.39 is 12.3 Å². The van der Waals surface area contributed by atoms with Crippen molar-refractivity contribution in [2.75, 3.05) is 0 Å². The molecule has 2 rings (SSSR count). The Labute approximate surface area is 120 Å². The molecule has 4 heteroatoms. The number of allylic oxidation sites excluding steroid dienone is 1. The predicted molar refractivity (Wildman–Crippen MR) is 74.8 cm³/mol. The van der Waals surface area contributed by atoms with E-state index in [0.717, 1.165) is 19.3 Å². The van der Waals surface area contributed by atoms with E-state index in [9.17, 15) is 14.3 Å². The van der Waals surface area contributed by atoms with Crippen molar-refractivity contribution in [2.45, 2.75) is 64.3 Å². The molecule has 0 aromatic carbocycles. The van der Waals surface area contributed by atoms with Crippen LogP contribution in [0.4, 0.5) is 4.39 Å². The van der Waals surface area contributed by atoms with Gasteiger partial charge in [-0.2, -0.15) is 0 Å². The number of halogens is 1. The van der Waals surface area contributed by atoms with Crippen LogP contribution in [0.5, 0.6) is 0 Å². The van der Waals surface area contributed by atoms with Crippen molar-refractivity contribution in [2.24, 2.45) is 17.8 Å². The second kappa shape index (κ2) is 6.70. The minimum Gasteiger partial charge on any atom is -0.462 e. The zero-order valence-corrected chi connectivity index (χ0v) is 12.3. The second-order valence-corrected chi connectivity index (χ2v) is 6.22. The maximum Gasteiger partial charge on any atom is 0.306 e. The van der Waals surface area contributed by atoms with Crippen LogP contribution >= 0.6 is 0 Å². The molecule has 0 radical (unpaired) electrons. The van der Waals surface area contributed by atoms with Gasteiger partial charge in [-0.1, -0.05) is 38.8 Å². The zero-order valence-electron chi connectivity index (χ0n) is 12.3. The molecular weight excluding hydrogens is 259 g/mol. The highest BCUT2D eigenvalue weighted by Gasteiger charge is 2.47. The van der Waals surface area contributed by atoms with Gasteiger partial charge in [0, 0.05) is 5.92 Å². The number of hydrogen-bond donors (Lipinski definition) is 1. The molecule has 0 aromatic rings. The summed E-state index contributed by atoms with van der Waals surface area (Å²) < 4.78 is 19.0. The summed E-state index contributed by atoms with van der Waals surface area (Å²) in [7, 11) is 0. The number of esters is 1. The highest BCUT2D eigenvalue weighted by atomic mass is 19.1. The number of aliphatic hydroxyl groups excluding tert-OH is 1. The van der Waals surface area contributed by atoms with Crippen molar-refractivity contribution in [3.8, 4) is 0 Å². The summed E-state index contributed by atoms with van der Waals surface area (Å²) in [5, 5.41) is 9.82. The van der Waals surface area contributed by atoms with Gasteiger partial charge in [-0.25, -0.2) is 4.39 Å². The first-order valence-corrected chi connectivity index (χ1v) is 7.72. The Morgan fingerprint density at radius 2 is 2.30 bits per heavy atom. The Morgan fingerprint density at radius 3 is 3.00 bits per heavy atom. The molecule has 0 unspecified atom stereocenters. The van der Waals surface area contributed by atoms with E-state index in [4.69, 9.17) is 4.74 Å². The molecule has 1 heterocycles. The first-order chi connectivity index (χ1) is 9.52. The van der Waals surface area contributed by atoms with E-state index in [1.165, 1.54) is 0 Å². The molecular formula is C16H25FO3. The average molecular weight is 284 g/mol. The largest absolute Gasteiger partial charge is 0.462 e. The predicted octanol–water partition coefficient (Wildman–Crippen LogP) is 3.02. The first-order valence-electron chi connectivity index (χ1n) is 7.72. The van der Waals surface area contributed by atoms with Gasteiger partial charge >= 0.3 is 5.97 Å². The lowest BCUT2D eigenvalue weighted by molar-refractivity contribution is -0.141. The maximum atomic E-state index is 13.7. The monoisotopic (exact) mass is 284 g/mol. The third-order valence-electron chi connectivity index (χ3n) is 4.65. The fraction of sp³-hybridized carbons (Fsp3) is 0.812. The van der Waals surface area contributed by atoms with Crippen LogP contribution in [0.15, 0.2) is 12.2 Å². The molecule has 0 amide bonds. The smallest absolute Gasteiger partial charge is 0.306 e. The Balaban J connectivity index is 1.91. The van der Waals surface area contributed by atoms with Gasteiger partial charge < -0.3 is 9.84 Å². The number of unbranched alkanes of at least 4 members (excludes halogenated alkanes) is 1. The van der Waals surface area contributed by atoms with Crippen LogP contribution in [-0.2, 0) is 9.53 Å². The molecule has 1 saturated heterocycles. The molecule has 2 fully saturated rings. The van der Waals surface area contributed by atoms with Crippen LogP contribution in [0.1, 0.15) is 46.0 Å². The van der Waals surface area contributed by atoms with E-state index in [1.54, 1.807) is 6.08 Å². The van der Waals surface area contributed by atoms with Gasteiger partial charge in [-0.15, -0.1) is 0 Å². The minimum absolute atomic E-state index is 0.0190. The van der Waals surface area contributed by atoms with Gasteiger partial charge in [0.1, 0.15) is 18.4 Å². The molecule has 1 aliphatic carbocycles. The molecule has 1 aliphatic heterocycles. The van der Waals surface area contributed by atoms with Crippen molar-refractivity contribution >= 4 is 5.97 Å². The van der Waals surface area contributed by atoms with E-state index in [2.05, 4.69) is 6.92 Å². The maximum absolute atomic E-state index is 13.7. The number of fused-ring (bicyclic) bond motifs is 1. The molecule has 1 saturated carbocycles. The second-order valence-electron chi connectivity index (χ2n) is 6.22. The summed E-state index contributed by atoms with van der Waals surface area (Å²) in [5.74, 6) is 0.696. The van der Waals surface area contributed by atoms with Gasteiger partial charge in [0.2, 0.25) is 0 Å². The van der Waals surface area contributed by atoms with E-state index in [0.29, 0.717) is 18.8 Å². The topological polar surface area (TPSA) is 46.5 Å². The molecule has 0 aromatic heterocycles. The summed E-state index contributed by atoms with van der Waals surface area (Å²) in [6.07, 6.45) is 4.71. The Bertz CT molecular complexity index is 369. The number of aliphatic hydroxyl groups is 1. The summed E-state index contributed by atoms with van der Waals surface area (Å²) in [6, 6.07) is 0. The van der Waals surface area contributed by atoms with Crippen LogP contribution < -0.4 is 0 Å². The van der Waals surface area contributed by atoms with E-state index >= 15 is 0 Å². The van der Waals surface area contributed by atoms with Crippen LogP contribution in [0.3, 0.4) is 0 Å². The normalized spacial score (nSPS) is 36.1. The molecule has 1 N–H and O–H groups in total. The molecule has 6 atom stereocenters. The molecule has 3 nitrogen and oxygen atoms in total. The van der Waals surface area contributed by atoms with E-state index in [1.807, 2.05) is 13.0 Å². The van der Waals surface area contributed by atoms with Crippen molar-refractivity contribution in [3.63, 3.8) is 0 Å². The fourth-order valence-corrected chi connectivity index (χ4v) is 3.45. The van der Waals surface area contributed by atoms with Crippen LogP contribution in [0, 0.1) is 17.8 Å². The number of ether oxygens (including phenoxy) is 1. The summed E-state index contributed by atoms with van der Waals surface area (Å²) in [4.78, 5) is 11.3. The lowest BCUT2D eigenvalue weighted by atomic mass is 9.87. The van der Waals surface area contributed by atoms with Crippen molar-refractivity contribution in [1.29, 1.82) is 0 Å². The number of carbonyl (C=O) groups is 1. The average Bonchev–Trinajstić information content (AvgIpc) is 2.88. The SMILES string of the molecule is CCCC[C@@H](F)[C@H](O)C=C[C@@H]1[C@H]2CC(=O)O[C@H]2C[C@H]1C. The Hall–Kier alpha value is -0.900. The number of hydrogen-bond acceptors (Lipinski definition) is 3. The number of rotatable bonds is 6. The minimum atomic E-state index is -1.19. The molecule has 2 aliphatic rings. The molecule has 0 spiro atoms. The molecule has 114 valence electrons. The lowest BCUT2D eigenvalue weighted by Crippen LogP contribution is -2.20.